The quantitative estimate of drug-likeness (QED) is 0.707. The Morgan fingerprint density at radius 3 is 2.76 bits per heavy atom. The zero-order valence-electron chi connectivity index (χ0n) is 14.2. The van der Waals surface area contributed by atoms with Gasteiger partial charge >= 0.3 is 0 Å². The minimum Gasteiger partial charge on any atom is -0.305 e. The van der Waals surface area contributed by atoms with Crippen LogP contribution in [0.25, 0.3) is 0 Å². The van der Waals surface area contributed by atoms with Gasteiger partial charge in [0.1, 0.15) is 5.01 Å². The number of hydrogen-bond acceptors (Lipinski definition) is 3. The SMILES string of the molecule is CCCNC1(c2nc(C(C)C)cs2)CCCC(CC)CC1. The van der Waals surface area contributed by atoms with E-state index in [1.165, 1.54) is 55.6 Å². The van der Waals surface area contributed by atoms with Crippen LogP contribution in [-0.4, -0.2) is 11.5 Å². The van der Waals surface area contributed by atoms with Crippen molar-refractivity contribution in [3.8, 4) is 0 Å². The Balaban J connectivity index is 2.22. The van der Waals surface area contributed by atoms with Crippen LogP contribution in [0, 0.1) is 5.92 Å². The molecule has 1 N–H and O–H groups in total. The highest BCUT2D eigenvalue weighted by Gasteiger charge is 2.36. The molecule has 1 heterocycles. The van der Waals surface area contributed by atoms with Crippen LogP contribution in [0.1, 0.15) is 89.3 Å². The molecule has 120 valence electrons. The van der Waals surface area contributed by atoms with Crippen LogP contribution in [0.4, 0.5) is 0 Å². The molecule has 2 atom stereocenters. The minimum atomic E-state index is 0.151. The second-order valence-electron chi connectivity index (χ2n) is 6.95. The van der Waals surface area contributed by atoms with Gasteiger partial charge in [0, 0.05) is 5.38 Å². The molecule has 0 spiro atoms. The molecule has 3 heteroatoms. The van der Waals surface area contributed by atoms with Gasteiger partial charge in [-0.25, -0.2) is 4.98 Å². The molecule has 1 aliphatic rings. The molecule has 2 unspecified atom stereocenters. The van der Waals surface area contributed by atoms with Crippen molar-refractivity contribution in [1.82, 2.24) is 10.3 Å². The van der Waals surface area contributed by atoms with E-state index in [1.54, 1.807) is 0 Å². The molecule has 0 bridgehead atoms. The normalized spacial score (nSPS) is 27.0. The van der Waals surface area contributed by atoms with E-state index >= 15 is 0 Å². The number of thiazole rings is 1. The Kier molecular flexibility index (Phi) is 6.24. The van der Waals surface area contributed by atoms with E-state index < -0.39 is 0 Å². The highest BCUT2D eigenvalue weighted by atomic mass is 32.1. The van der Waals surface area contributed by atoms with Gasteiger partial charge in [0.05, 0.1) is 11.2 Å². The van der Waals surface area contributed by atoms with Crippen molar-refractivity contribution in [1.29, 1.82) is 0 Å². The van der Waals surface area contributed by atoms with Crippen molar-refractivity contribution < 1.29 is 0 Å². The third-order valence-corrected chi connectivity index (χ3v) is 6.07. The first kappa shape index (κ1) is 17.0. The smallest absolute Gasteiger partial charge is 0.113 e. The first-order valence-corrected chi connectivity index (χ1v) is 9.70. The first-order chi connectivity index (χ1) is 10.1. The molecule has 0 aliphatic heterocycles. The Labute approximate surface area is 134 Å². The summed E-state index contributed by atoms with van der Waals surface area (Å²) < 4.78 is 0. The van der Waals surface area contributed by atoms with Gasteiger partial charge < -0.3 is 5.32 Å². The maximum Gasteiger partial charge on any atom is 0.113 e. The fourth-order valence-corrected chi connectivity index (χ4v) is 4.64. The second-order valence-corrected chi connectivity index (χ2v) is 7.80. The average Bonchev–Trinajstić information content (AvgIpc) is 2.89. The number of rotatable bonds is 6. The summed E-state index contributed by atoms with van der Waals surface area (Å²) in [6.45, 7) is 10.2. The lowest BCUT2D eigenvalue weighted by molar-refractivity contribution is 0.284. The molecule has 1 fully saturated rings. The standard InChI is InChI=1S/C18H32N2S/c1-5-12-19-18(10-7-8-15(6-2)9-11-18)17-20-16(13-21-17)14(3)4/h13-15,19H,5-12H2,1-4H3. The lowest BCUT2D eigenvalue weighted by atomic mass is 9.89. The molecular weight excluding hydrogens is 276 g/mol. The van der Waals surface area contributed by atoms with Crippen molar-refractivity contribution in [2.75, 3.05) is 6.54 Å². The molecule has 0 aromatic carbocycles. The van der Waals surface area contributed by atoms with E-state index in [-0.39, 0.29) is 5.54 Å². The van der Waals surface area contributed by atoms with E-state index in [0.29, 0.717) is 5.92 Å². The topological polar surface area (TPSA) is 24.9 Å². The molecule has 1 saturated carbocycles. The highest BCUT2D eigenvalue weighted by Crippen LogP contribution is 2.40. The van der Waals surface area contributed by atoms with Crippen LogP contribution in [0.15, 0.2) is 5.38 Å². The monoisotopic (exact) mass is 308 g/mol. The summed E-state index contributed by atoms with van der Waals surface area (Å²) in [5.74, 6) is 1.45. The molecule has 21 heavy (non-hydrogen) atoms. The Bertz CT molecular complexity index is 427. The van der Waals surface area contributed by atoms with E-state index in [9.17, 15) is 0 Å². The fourth-order valence-electron chi connectivity index (χ4n) is 3.42. The van der Waals surface area contributed by atoms with E-state index in [0.717, 1.165) is 12.5 Å². The first-order valence-electron chi connectivity index (χ1n) is 8.82. The zero-order valence-corrected chi connectivity index (χ0v) is 15.1. The largest absolute Gasteiger partial charge is 0.305 e. The fraction of sp³-hybridized carbons (Fsp3) is 0.833. The predicted octanol–water partition coefficient (Wildman–Crippen LogP) is 5.45. The lowest BCUT2D eigenvalue weighted by Gasteiger charge is -2.32. The summed E-state index contributed by atoms with van der Waals surface area (Å²) in [4.78, 5) is 5.01. The molecular formula is C18H32N2S. The van der Waals surface area contributed by atoms with Gasteiger partial charge in [-0.05, 0) is 44.1 Å². The third kappa shape index (κ3) is 4.07. The molecule has 1 aliphatic carbocycles. The molecule has 0 saturated heterocycles. The van der Waals surface area contributed by atoms with Gasteiger partial charge in [0.15, 0.2) is 0 Å². The van der Waals surface area contributed by atoms with Gasteiger partial charge in [-0.3, -0.25) is 0 Å². The number of nitrogens with one attached hydrogen (secondary N) is 1. The van der Waals surface area contributed by atoms with E-state index in [4.69, 9.17) is 4.98 Å². The summed E-state index contributed by atoms with van der Waals surface area (Å²) in [6.07, 6.45) is 9.13. The van der Waals surface area contributed by atoms with E-state index in [2.05, 4.69) is 38.4 Å². The summed E-state index contributed by atoms with van der Waals surface area (Å²) in [5, 5.41) is 7.51. The Hall–Kier alpha value is -0.410. The molecule has 2 nitrogen and oxygen atoms in total. The van der Waals surface area contributed by atoms with Crippen molar-refractivity contribution >= 4 is 11.3 Å². The lowest BCUT2D eigenvalue weighted by Crippen LogP contribution is -2.42. The second kappa shape index (κ2) is 7.73. The van der Waals surface area contributed by atoms with Gasteiger partial charge in [0.25, 0.3) is 0 Å². The van der Waals surface area contributed by atoms with E-state index in [1.807, 2.05) is 11.3 Å². The van der Waals surface area contributed by atoms with Gasteiger partial charge in [0.2, 0.25) is 0 Å². The van der Waals surface area contributed by atoms with Crippen LogP contribution < -0.4 is 5.32 Å². The molecule has 2 rings (SSSR count). The van der Waals surface area contributed by atoms with Gasteiger partial charge in [-0.15, -0.1) is 11.3 Å². The van der Waals surface area contributed by atoms with Gasteiger partial charge in [-0.1, -0.05) is 47.0 Å². The minimum absolute atomic E-state index is 0.151. The number of aromatic nitrogens is 1. The van der Waals surface area contributed by atoms with Crippen molar-refractivity contribution in [2.24, 2.45) is 5.92 Å². The maximum atomic E-state index is 5.01. The maximum absolute atomic E-state index is 5.01. The Morgan fingerprint density at radius 2 is 2.14 bits per heavy atom. The summed E-state index contributed by atoms with van der Waals surface area (Å²) in [5.41, 5.74) is 1.42. The number of nitrogens with zero attached hydrogens (tertiary/aromatic N) is 1. The molecule has 1 aromatic rings. The summed E-state index contributed by atoms with van der Waals surface area (Å²) in [6, 6.07) is 0. The van der Waals surface area contributed by atoms with Crippen molar-refractivity contribution in [2.45, 2.75) is 84.1 Å². The zero-order chi connectivity index (χ0) is 15.3. The predicted molar refractivity (Wildman–Crippen MR) is 93.0 cm³/mol. The molecule has 0 radical (unpaired) electrons. The number of hydrogen-bond donors (Lipinski definition) is 1. The molecule has 1 aromatic heterocycles. The van der Waals surface area contributed by atoms with Crippen LogP contribution in [0.5, 0.6) is 0 Å². The molecule has 0 amide bonds. The third-order valence-electron chi connectivity index (χ3n) is 5.01. The van der Waals surface area contributed by atoms with Crippen LogP contribution >= 0.6 is 11.3 Å². The summed E-state index contributed by atoms with van der Waals surface area (Å²) >= 11 is 1.88. The summed E-state index contributed by atoms with van der Waals surface area (Å²) in [7, 11) is 0. The van der Waals surface area contributed by atoms with Crippen LogP contribution in [0.3, 0.4) is 0 Å². The van der Waals surface area contributed by atoms with Gasteiger partial charge in [-0.2, -0.15) is 0 Å². The van der Waals surface area contributed by atoms with Crippen LogP contribution in [0.2, 0.25) is 0 Å². The van der Waals surface area contributed by atoms with Crippen LogP contribution in [-0.2, 0) is 5.54 Å². The Morgan fingerprint density at radius 1 is 1.33 bits per heavy atom. The average molecular weight is 309 g/mol. The van der Waals surface area contributed by atoms with Crippen molar-refractivity contribution in [3.05, 3.63) is 16.1 Å². The van der Waals surface area contributed by atoms with Crippen molar-refractivity contribution in [3.63, 3.8) is 0 Å². The highest BCUT2D eigenvalue weighted by molar-refractivity contribution is 7.09.